The molecule has 0 N–H and O–H groups in total. The summed E-state index contributed by atoms with van der Waals surface area (Å²) in [6, 6.07) is 0. The van der Waals surface area contributed by atoms with Gasteiger partial charge in [0.15, 0.2) is 0 Å². The molecule has 0 aliphatic heterocycles. The fourth-order valence-corrected chi connectivity index (χ4v) is 2.84. The molecule has 1 nitrogen and oxygen atoms in total. The van der Waals surface area contributed by atoms with Gasteiger partial charge in [0.25, 0.3) is 0 Å². The Morgan fingerprint density at radius 2 is 1.33 bits per heavy atom. The van der Waals surface area contributed by atoms with Crippen molar-refractivity contribution in [1.29, 1.82) is 0 Å². The lowest BCUT2D eigenvalue weighted by atomic mass is 9.84. The first-order valence-electron chi connectivity index (χ1n) is 5.38. The fourth-order valence-electron chi connectivity index (χ4n) is 2.84. The first kappa shape index (κ1) is 8.28. The van der Waals surface area contributed by atoms with Crippen LogP contribution < -0.4 is 0 Å². The molecule has 0 heterocycles. The minimum Gasteiger partial charge on any atom is -0.300 e. The molecule has 12 heavy (non-hydrogen) atoms. The Kier molecular flexibility index (Phi) is 2.48. The molecule has 0 aromatic heterocycles. The fraction of sp³-hybridized carbons (Fsp3) is 0.909. The average molecular weight is 166 g/mol. The molecule has 1 heteroatoms. The molecule has 0 amide bonds. The van der Waals surface area contributed by atoms with Gasteiger partial charge in [-0.05, 0) is 24.7 Å². The van der Waals surface area contributed by atoms with Crippen molar-refractivity contribution >= 4 is 5.78 Å². The van der Waals surface area contributed by atoms with Crippen molar-refractivity contribution in [3.8, 4) is 0 Å². The summed E-state index contributed by atoms with van der Waals surface area (Å²) in [4.78, 5) is 11.2. The van der Waals surface area contributed by atoms with E-state index in [2.05, 4.69) is 0 Å². The average Bonchev–Trinajstić information content (AvgIpc) is 2.32. The number of fused-ring (bicyclic) bond motifs is 1. The molecule has 68 valence electrons. The van der Waals surface area contributed by atoms with E-state index in [0.29, 0.717) is 5.78 Å². The second-order valence-electron chi connectivity index (χ2n) is 4.46. The van der Waals surface area contributed by atoms with Gasteiger partial charge in [0.2, 0.25) is 0 Å². The number of carbonyl (C=O) groups is 1. The van der Waals surface area contributed by atoms with E-state index in [1.165, 1.54) is 38.5 Å². The Morgan fingerprint density at radius 3 is 1.83 bits per heavy atom. The van der Waals surface area contributed by atoms with Crippen LogP contribution in [0.25, 0.3) is 0 Å². The van der Waals surface area contributed by atoms with Crippen LogP contribution >= 0.6 is 0 Å². The van der Waals surface area contributed by atoms with Crippen LogP contribution in [-0.2, 0) is 4.79 Å². The van der Waals surface area contributed by atoms with Gasteiger partial charge in [0, 0.05) is 12.8 Å². The molecule has 0 unspecified atom stereocenters. The van der Waals surface area contributed by atoms with Gasteiger partial charge in [-0.3, -0.25) is 4.79 Å². The third kappa shape index (κ3) is 1.70. The summed E-state index contributed by atoms with van der Waals surface area (Å²) in [5.41, 5.74) is 0. The molecule has 0 radical (unpaired) electrons. The Hall–Kier alpha value is -0.330. The molecule has 0 spiro atoms. The zero-order valence-electron chi connectivity index (χ0n) is 7.72. The highest BCUT2D eigenvalue weighted by molar-refractivity contribution is 5.81. The number of carbonyl (C=O) groups excluding carboxylic acids is 1. The van der Waals surface area contributed by atoms with Gasteiger partial charge < -0.3 is 0 Å². The molecule has 0 aromatic rings. The van der Waals surface area contributed by atoms with Crippen LogP contribution in [0.5, 0.6) is 0 Å². The first-order chi connectivity index (χ1) is 5.86. The van der Waals surface area contributed by atoms with E-state index in [9.17, 15) is 4.79 Å². The second-order valence-corrected chi connectivity index (χ2v) is 4.46. The van der Waals surface area contributed by atoms with Gasteiger partial charge >= 0.3 is 0 Å². The van der Waals surface area contributed by atoms with Crippen LogP contribution in [0.3, 0.4) is 0 Å². The van der Waals surface area contributed by atoms with E-state index >= 15 is 0 Å². The van der Waals surface area contributed by atoms with Crippen LogP contribution in [0.1, 0.15) is 51.4 Å². The van der Waals surface area contributed by atoms with Gasteiger partial charge in [-0.15, -0.1) is 0 Å². The van der Waals surface area contributed by atoms with Crippen molar-refractivity contribution in [3.63, 3.8) is 0 Å². The topological polar surface area (TPSA) is 17.1 Å². The molecule has 2 aliphatic carbocycles. The molecule has 0 saturated heterocycles. The molecule has 2 fully saturated rings. The summed E-state index contributed by atoms with van der Waals surface area (Å²) in [6.07, 6.45) is 10.0. The summed E-state index contributed by atoms with van der Waals surface area (Å²) in [6.45, 7) is 0. The monoisotopic (exact) mass is 166 g/mol. The summed E-state index contributed by atoms with van der Waals surface area (Å²) in [5, 5.41) is 0. The maximum Gasteiger partial charge on any atom is 0.133 e. The van der Waals surface area contributed by atoms with Gasteiger partial charge in [0.1, 0.15) is 5.78 Å². The second kappa shape index (κ2) is 3.59. The molecule has 2 atom stereocenters. The van der Waals surface area contributed by atoms with Crippen LogP contribution in [0.15, 0.2) is 0 Å². The van der Waals surface area contributed by atoms with E-state index in [0.717, 1.165) is 24.7 Å². The summed E-state index contributed by atoms with van der Waals surface area (Å²) < 4.78 is 0. The van der Waals surface area contributed by atoms with Gasteiger partial charge in [-0.1, -0.05) is 25.7 Å². The van der Waals surface area contributed by atoms with Gasteiger partial charge in [-0.25, -0.2) is 0 Å². The predicted octanol–water partition coefficient (Wildman–Crippen LogP) is 2.94. The zero-order chi connectivity index (χ0) is 8.39. The van der Waals surface area contributed by atoms with Crippen molar-refractivity contribution in [3.05, 3.63) is 0 Å². The molecule has 2 saturated carbocycles. The number of rotatable bonds is 0. The van der Waals surface area contributed by atoms with Crippen molar-refractivity contribution < 1.29 is 4.79 Å². The van der Waals surface area contributed by atoms with Gasteiger partial charge in [0.05, 0.1) is 0 Å². The van der Waals surface area contributed by atoms with Crippen molar-refractivity contribution in [1.82, 2.24) is 0 Å². The van der Waals surface area contributed by atoms with Crippen LogP contribution in [0.2, 0.25) is 0 Å². The number of hydrogen-bond acceptors (Lipinski definition) is 1. The normalized spacial score (nSPS) is 37.2. The van der Waals surface area contributed by atoms with Gasteiger partial charge in [-0.2, -0.15) is 0 Å². The van der Waals surface area contributed by atoms with Crippen LogP contribution in [0, 0.1) is 11.8 Å². The standard InChI is InChI=1S/C11H18O/c12-11-7-9-5-3-1-2-4-6-10(9)8-11/h9-10H,1-8H2/t9-,10-/m1/s1. The molecule has 0 bridgehead atoms. The van der Waals surface area contributed by atoms with E-state index in [-0.39, 0.29) is 0 Å². The van der Waals surface area contributed by atoms with E-state index in [1.807, 2.05) is 0 Å². The lowest BCUT2D eigenvalue weighted by Crippen LogP contribution is -2.09. The predicted molar refractivity (Wildman–Crippen MR) is 48.9 cm³/mol. The molecular formula is C11H18O. The Labute approximate surface area is 74.5 Å². The lowest BCUT2D eigenvalue weighted by molar-refractivity contribution is -0.117. The zero-order valence-corrected chi connectivity index (χ0v) is 7.72. The van der Waals surface area contributed by atoms with E-state index in [4.69, 9.17) is 0 Å². The smallest absolute Gasteiger partial charge is 0.133 e. The first-order valence-corrected chi connectivity index (χ1v) is 5.38. The number of Topliss-reactive ketones (excluding diaryl/α,β-unsaturated/α-hetero) is 1. The third-order valence-electron chi connectivity index (χ3n) is 3.55. The van der Waals surface area contributed by atoms with Crippen LogP contribution in [-0.4, -0.2) is 5.78 Å². The number of ketones is 1. The lowest BCUT2D eigenvalue weighted by Gasteiger charge is -2.21. The minimum absolute atomic E-state index is 0.534. The summed E-state index contributed by atoms with van der Waals surface area (Å²) in [7, 11) is 0. The highest BCUT2D eigenvalue weighted by atomic mass is 16.1. The highest BCUT2D eigenvalue weighted by Gasteiger charge is 2.32. The maximum absolute atomic E-state index is 11.2. The Morgan fingerprint density at radius 1 is 0.833 bits per heavy atom. The Bertz CT molecular complexity index is 156. The van der Waals surface area contributed by atoms with E-state index < -0.39 is 0 Å². The quantitative estimate of drug-likeness (QED) is 0.540. The SMILES string of the molecule is O=C1C[C@H]2CCCCCC[C@@H]2C1. The van der Waals surface area contributed by atoms with Crippen molar-refractivity contribution in [2.24, 2.45) is 11.8 Å². The molecule has 2 aliphatic rings. The maximum atomic E-state index is 11.2. The molecule has 2 rings (SSSR count). The van der Waals surface area contributed by atoms with Crippen molar-refractivity contribution in [2.45, 2.75) is 51.4 Å². The van der Waals surface area contributed by atoms with Crippen molar-refractivity contribution in [2.75, 3.05) is 0 Å². The number of hydrogen-bond donors (Lipinski definition) is 0. The molecular weight excluding hydrogens is 148 g/mol. The highest BCUT2D eigenvalue weighted by Crippen LogP contribution is 2.38. The third-order valence-corrected chi connectivity index (χ3v) is 3.55. The largest absolute Gasteiger partial charge is 0.300 e. The Balaban J connectivity index is 1.96. The van der Waals surface area contributed by atoms with E-state index in [1.54, 1.807) is 0 Å². The minimum atomic E-state index is 0.534. The van der Waals surface area contributed by atoms with Crippen LogP contribution in [0.4, 0.5) is 0 Å². The summed E-state index contributed by atoms with van der Waals surface area (Å²) >= 11 is 0. The summed E-state index contributed by atoms with van der Waals surface area (Å²) in [5.74, 6) is 2.09. The molecule has 0 aromatic carbocycles.